The van der Waals surface area contributed by atoms with E-state index in [2.05, 4.69) is 9.98 Å². The zero-order valence-electron chi connectivity index (χ0n) is 13.3. The van der Waals surface area contributed by atoms with Gasteiger partial charge < -0.3 is 11.5 Å². The van der Waals surface area contributed by atoms with Gasteiger partial charge in [-0.3, -0.25) is 9.78 Å². The standard InChI is InChI=1S/C18H14ClFN4O/c1-9-2-4-12(15(20)6-9)16-13-7-10(17(25)24-18(21)22)3-5-11(13)14(19)8-23-16/h2-8H,1H3,(H4,21,22,24,25). The van der Waals surface area contributed by atoms with E-state index in [1.807, 2.05) is 0 Å². The van der Waals surface area contributed by atoms with Gasteiger partial charge in [0.15, 0.2) is 5.96 Å². The molecule has 0 radical (unpaired) electrons. The molecule has 0 aliphatic carbocycles. The van der Waals surface area contributed by atoms with Crippen LogP contribution in [0.5, 0.6) is 0 Å². The van der Waals surface area contributed by atoms with Gasteiger partial charge in [0.2, 0.25) is 0 Å². The van der Waals surface area contributed by atoms with Crippen LogP contribution >= 0.6 is 11.6 Å². The number of guanidine groups is 1. The fourth-order valence-corrected chi connectivity index (χ4v) is 2.76. The molecule has 0 atom stereocenters. The van der Waals surface area contributed by atoms with E-state index in [1.54, 1.807) is 37.3 Å². The van der Waals surface area contributed by atoms with Crippen molar-refractivity contribution >= 4 is 34.2 Å². The Hall–Kier alpha value is -2.99. The summed E-state index contributed by atoms with van der Waals surface area (Å²) < 4.78 is 14.4. The molecule has 0 saturated heterocycles. The van der Waals surface area contributed by atoms with Gasteiger partial charge in [0.25, 0.3) is 5.91 Å². The number of rotatable bonds is 2. The minimum Gasteiger partial charge on any atom is -0.370 e. The molecule has 1 aromatic heterocycles. The Labute approximate surface area is 148 Å². The van der Waals surface area contributed by atoms with E-state index >= 15 is 0 Å². The molecule has 0 spiro atoms. The lowest BCUT2D eigenvalue weighted by molar-refractivity contribution is 0.100. The second-order valence-corrected chi connectivity index (χ2v) is 5.95. The molecule has 25 heavy (non-hydrogen) atoms. The summed E-state index contributed by atoms with van der Waals surface area (Å²) in [5.41, 5.74) is 12.2. The van der Waals surface area contributed by atoms with Gasteiger partial charge in [0.05, 0.1) is 10.7 Å². The van der Waals surface area contributed by atoms with Crippen LogP contribution in [0.2, 0.25) is 5.02 Å². The summed E-state index contributed by atoms with van der Waals surface area (Å²) in [5.74, 6) is -1.34. The molecule has 0 bridgehead atoms. The van der Waals surface area contributed by atoms with Gasteiger partial charge in [-0.1, -0.05) is 23.7 Å². The molecule has 2 aromatic carbocycles. The molecule has 4 N–H and O–H groups in total. The third kappa shape index (κ3) is 3.29. The second kappa shape index (κ2) is 6.49. The largest absolute Gasteiger partial charge is 0.370 e. The average Bonchev–Trinajstić information content (AvgIpc) is 2.55. The number of aromatic nitrogens is 1. The SMILES string of the molecule is Cc1ccc(-c2ncc(Cl)c3ccc(C(=O)N=C(N)N)cc23)c(F)c1. The van der Waals surface area contributed by atoms with Crippen molar-refractivity contribution < 1.29 is 9.18 Å². The summed E-state index contributed by atoms with van der Waals surface area (Å²) in [6, 6.07) is 9.62. The van der Waals surface area contributed by atoms with Crippen molar-refractivity contribution in [2.75, 3.05) is 0 Å². The zero-order valence-corrected chi connectivity index (χ0v) is 14.0. The smallest absolute Gasteiger partial charge is 0.280 e. The number of aliphatic imine (C=N–C) groups is 1. The Morgan fingerprint density at radius 3 is 2.60 bits per heavy atom. The number of hydrogen-bond donors (Lipinski definition) is 2. The molecule has 1 heterocycles. The highest BCUT2D eigenvalue weighted by Crippen LogP contribution is 2.33. The van der Waals surface area contributed by atoms with E-state index in [9.17, 15) is 9.18 Å². The molecule has 0 saturated carbocycles. The highest BCUT2D eigenvalue weighted by atomic mass is 35.5. The number of nitrogens with zero attached hydrogens (tertiary/aromatic N) is 2. The van der Waals surface area contributed by atoms with E-state index in [0.717, 1.165) is 5.56 Å². The molecule has 1 amide bonds. The van der Waals surface area contributed by atoms with Crippen LogP contribution in [0, 0.1) is 12.7 Å². The highest BCUT2D eigenvalue weighted by molar-refractivity contribution is 6.35. The van der Waals surface area contributed by atoms with Crippen LogP contribution < -0.4 is 11.5 Å². The van der Waals surface area contributed by atoms with Crippen molar-refractivity contribution in [2.45, 2.75) is 6.92 Å². The lowest BCUT2D eigenvalue weighted by atomic mass is 10.0. The van der Waals surface area contributed by atoms with Crippen LogP contribution in [0.25, 0.3) is 22.0 Å². The van der Waals surface area contributed by atoms with Gasteiger partial charge in [0, 0.05) is 28.1 Å². The van der Waals surface area contributed by atoms with Crippen molar-refractivity contribution in [3.05, 3.63) is 64.6 Å². The number of halogens is 2. The first-order valence-electron chi connectivity index (χ1n) is 7.35. The quantitative estimate of drug-likeness (QED) is 0.543. The molecule has 3 aromatic rings. The van der Waals surface area contributed by atoms with Crippen molar-refractivity contribution in [1.82, 2.24) is 4.98 Å². The Bertz CT molecular complexity index is 1030. The molecule has 0 aliphatic heterocycles. The molecule has 0 fully saturated rings. The minimum absolute atomic E-state index is 0.249. The van der Waals surface area contributed by atoms with Crippen LogP contribution in [0.4, 0.5) is 4.39 Å². The number of pyridine rings is 1. The third-order valence-corrected chi connectivity index (χ3v) is 4.00. The van der Waals surface area contributed by atoms with Gasteiger partial charge in [-0.2, -0.15) is 4.99 Å². The van der Waals surface area contributed by atoms with E-state index in [0.29, 0.717) is 27.1 Å². The molecule has 3 rings (SSSR count). The molecular formula is C18H14ClFN4O. The summed E-state index contributed by atoms with van der Waals surface area (Å²) in [6.45, 7) is 1.80. The monoisotopic (exact) mass is 356 g/mol. The van der Waals surface area contributed by atoms with Crippen LogP contribution in [0.1, 0.15) is 15.9 Å². The number of carbonyl (C=O) groups is 1. The Balaban J connectivity index is 2.27. The van der Waals surface area contributed by atoms with E-state index in [4.69, 9.17) is 23.1 Å². The minimum atomic E-state index is -0.600. The van der Waals surface area contributed by atoms with Gasteiger partial charge in [-0.05, 0) is 36.8 Å². The van der Waals surface area contributed by atoms with Gasteiger partial charge in [-0.15, -0.1) is 0 Å². The first kappa shape index (κ1) is 16.9. The number of fused-ring (bicyclic) bond motifs is 1. The Kier molecular flexibility index (Phi) is 4.37. The van der Waals surface area contributed by atoms with Crippen LogP contribution in [-0.4, -0.2) is 16.9 Å². The number of benzene rings is 2. The Morgan fingerprint density at radius 1 is 1.16 bits per heavy atom. The third-order valence-electron chi connectivity index (χ3n) is 3.70. The maximum Gasteiger partial charge on any atom is 0.280 e. The summed E-state index contributed by atoms with van der Waals surface area (Å²) in [6.07, 6.45) is 1.45. The fraction of sp³-hybridized carbons (Fsp3) is 0.0556. The maximum atomic E-state index is 14.4. The lowest BCUT2D eigenvalue weighted by Crippen LogP contribution is -2.24. The molecule has 7 heteroatoms. The normalized spacial score (nSPS) is 10.7. The first-order valence-corrected chi connectivity index (χ1v) is 7.73. The van der Waals surface area contributed by atoms with Crippen LogP contribution in [-0.2, 0) is 0 Å². The molecular weight excluding hydrogens is 343 g/mol. The summed E-state index contributed by atoms with van der Waals surface area (Å²) >= 11 is 6.19. The predicted molar refractivity (Wildman–Crippen MR) is 97.0 cm³/mol. The zero-order chi connectivity index (χ0) is 18.1. The van der Waals surface area contributed by atoms with Crippen LogP contribution in [0.15, 0.2) is 47.6 Å². The van der Waals surface area contributed by atoms with Crippen molar-refractivity contribution in [3.63, 3.8) is 0 Å². The number of nitrogens with two attached hydrogens (primary N) is 2. The summed E-state index contributed by atoms with van der Waals surface area (Å²) in [5, 5.41) is 1.58. The number of amides is 1. The van der Waals surface area contributed by atoms with Crippen molar-refractivity contribution in [2.24, 2.45) is 16.5 Å². The van der Waals surface area contributed by atoms with Gasteiger partial charge >= 0.3 is 0 Å². The molecule has 5 nitrogen and oxygen atoms in total. The Morgan fingerprint density at radius 2 is 1.92 bits per heavy atom. The molecule has 0 aliphatic rings. The predicted octanol–water partition coefficient (Wildman–Crippen LogP) is 3.42. The number of aryl methyl sites for hydroxylation is 1. The number of carbonyl (C=O) groups excluding carboxylic acids is 1. The van der Waals surface area contributed by atoms with E-state index < -0.39 is 11.7 Å². The van der Waals surface area contributed by atoms with Crippen molar-refractivity contribution in [1.29, 1.82) is 0 Å². The molecule has 126 valence electrons. The van der Waals surface area contributed by atoms with E-state index in [1.165, 1.54) is 12.3 Å². The lowest BCUT2D eigenvalue weighted by Gasteiger charge is -2.10. The number of hydrogen-bond acceptors (Lipinski definition) is 2. The topological polar surface area (TPSA) is 94.4 Å². The first-order chi connectivity index (χ1) is 11.9. The average molecular weight is 357 g/mol. The van der Waals surface area contributed by atoms with Gasteiger partial charge in [0.1, 0.15) is 5.82 Å². The van der Waals surface area contributed by atoms with E-state index in [-0.39, 0.29) is 11.5 Å². The van der Waals surface area contributed by atoms with Crippen molar-refractivity contribution in [3.8, 4) is 11.3 Å². The highest BCUT2D eigenvalue weighted by Gasteiger charge is 2.15. The molecule has 0 unspecified atom stereocenters. The summed E-state index contributed by atoms with van der Waals surface area (Å²) in [4.78, 5) is 19.8. The fourth-order valence-electron chi connectivity index (χ4n) is 2.55. The maximum absolute atomic E-state index is 14.4. The second-order valence-electron chi connectivity index (χ2n) is 5.54. The summed E-state index contributed by atoms with van der Waals surface area (Å²) in [7, 11) is 0. The van der Waals surface area contributed by atoms with Crippen LogP contribution in [0.3, 0.4) is 0 Å². The van der Waals surface area contributed by atoms with Gasteiger partial charge in [-0.25, -0.2) is 4.39 Å².